The van der Waals surface area contributed by atoms with Crippen molar-refractivity contribution in [3.8, 4) is 0 Å². The number of likely N-dealkylation sites (N-methyl/N-ethyl adjacent to an activating group) is 1. The molecule has 208 valence electrons. The topological polar surface area (TPSA) is 86.8 Å². The van der Waals surface area contributed by atoms with E-state index in [0.29, 0.717) is 21.3 Å². The first-order valence-electron chi connectivity index (χ1n) is 12.2. The zero-order valence-corrected chi connectivity index (χ0v) is 23.9. The lowest BCUT2D eigenvalue weighted by atomic mass is 10.0. The summed E-state index contributed by atoms with van der Waals surface area (Å²) >= 11 is 12.8. The van der Waals surface area contributed by atoms with Crippen molar-refractivity contribution in [3.63, 3.8) is 0 Å². The molecule has 0 aliphatic heterocycles. The zero-order chi connectivity index (χ0) is 28.6. The minimum atomic E-state index is -3.70. The third kappa shape index (κ3) is 8.42. The van der Waals surface area contributed by atoms with Gasteiger partial charge in [0.2, 0.25) is 21.8 Å². The second-order valence-corrected chi connectivity index (χ2v) is 11.7. The molecule has 1 N–H and O–H groups in total. The van der Waals surface area contributed by atoms with Gasteiger partial charge in [0.25, 0.3) is 0 Å². The van der Waals surface area contributed by atoms with Gasteiger partial charge in [-0.25, -0.2) is 12.8 Å². The number of sulfonamides is 1. The Balaban J connectivity index is 1.88. The van der Waals surface area contributed by atoms with Gasteiger partial charge in [0.1, 0.15) is 11.9 Å². The van der Waals surface area contributed by atoms with Crippen molar-refractivity contribution in [2.75, 3.05) is 24.2 Å². The van der Waals surface area contributed by atoms with E-state index in [2.05, 4.69) is 5.32 Å². The van der Waals surface area contributed by atoms with Crippen LogP contribution >= 0.6 is 23.2 Å². The molecule has 3 rings (SSSR count). The molecule has 1 unspecified atom stereocenters. The minimum Gasteiger partial charge on any atom is -0.357 e. The molecule has 3 aromatic rings. The molecular formula is C28H30Cl2FN3O4S. The lowest BCUT2D eigenvalue weighted by Gasteiger charge is -2.32. The number of carbonyl (C=O) groups excluding carboxylic acids is 2. The second kappa shape index (κ2) is 13.8. The van der Waals surface area contributed by atoms with Crippen LogP contribution in [-0.4, -0.2) is 51.0 Å². The van der Waals surface area contributed by atoms with E-state index in [4.69, 9.17) is 23.2 Å². The molecule has 0 radical (unpaired) electrons. The summed E-state index contributed by atoms with van der Waals surface area (Å²) in [6.45, 7) is -0.0315. The molecule has 0 saturated heterocycles. The average Bonchev–Trinajstić information content (AvgIpc) is 2.90. The van der Waals surface area contributed by atoms with Crippen molar-refractivity contribution in [2.24, 2.45) is 0 Å². The highest BCUT2D eigenvalue weighted by atomic mass is 35.5. The van der Waals surface area contributed by atoms with E-state index in [0.717, 1.165) is 16.1 Å². The molecule has 39 heavy (non-hydrogen) atoms. The SMILES string of the molecule is CNC(=O)C(Cc1ccccc1)N(Cc1c(Cl)cccc1Cl)C(=O)CCCN(c1ccc(F)cc1)S(C)(=O)=O. The Hall–Kier alpha value is -3.14. The van der Waals surface area contributed by atoms with Crippen LogP contribution in [0.2, 0.25) is 10.0 Å². The quantitative estimate of drug-likeness (QED) is 0.318. The fourth-order valence-corrected chi connectivity index (χ4v) is 5.67. The summed E-state index contributed by atoms with van der Waals surface area (Å²) in [7, 11) is -2.20. The van der Waals surface area contributed by atoms with E-state index < -0.39 is 21.9 Å². The fourth-order valence-electron chi connectivity index (χ4n) is 4.19. The molecule has 0 saturated carbocycles. The molecule has 2 amide bonds. The first-order chi connectivity index (χ1) is 18.5. The number of anilines is 1. The molecule has 0 spiro atoms. The van der Waals surface area contributed by atoms with Gasteiger partial charge in [-0.05, 0) is 48.4 Å². The van der Waals surface area contributed by atoms with Gasteiger partial charge < -0.3 is 10.2 Å². The number of hydrogen-bond donors (Lipinski definition) is 1. The largest absolute Gasteiger partial charge is 0.357 e. The minimum absolute atomic E-state index is 0.0137. The highest BCUT2D eigenvalue weighted by molar-refractivity contribution is 7.92. The van der Waals surface area contributed by atoms with Crippen LogP contribution in [0, 0.1) is 5.82 Å². The summed E-state index contributed by atoms with van der Waals surface area (Å²) in [6, 6.07) is 18.5. The van der Waals surface area contributed by atoms with Crippen molar-refractivity contribution < 1.29 is 22.4 Å². The van der Waals surface area contributed by atoms with Crippen molar-refractivity contribution in [1.82, 2.24) is 10.2 Å². The summed E-state index contributed by atoms with van der Waals surface area (Å²) in [5.41, 5.74) is 1.65. The normalized spacial score (nSPS) is 12.0. The van der Waals surface area contributed by atoms with Crippen molar-refractivity contribution in [2.45, 2.75) is 31.8 Å². The number of rotatable bonds is 12. The lowest BCUT2D eigenvalue weighted by molar-refractivity contribution is -0.141. The molecule has 0 fully saturated rings. The van der Waals surface area contributed by atoms with Gasteiger partial charge in [0, 0.05) is 48.6 Å². The standard InChI is InChI=1S/C28H30Cl2FN3O4S/c1-32-28(36)26(18-20-8-4-3-5-9-20)33(19-23-24(29)10-6-11-25(23)30)27(35)12-7-17-34(39(2,37)38)22-15-13-21(31)14-16-22/h3-6,8-11,13-16,26H,7,12,17-19H2,1-2H3,(H,32,36). The molecule has 0 aromatic heterocycles. The number of hydrogen-bond acceptors (Lipinski definition) is 4. The van der Waals surface area contributed by atoms with Crippen molar-refractivity contribution in [3.05, 3.63) is 99.8 Å². The third-order valence-corrected chi connectivity index (χ3v) is 8.08. The maximum atomic E-state index is 13.7. The second-order valence-electron chi connectivity index (χ2n) is 8.96. The lowest BCUT2D eigenvalue weighted by Crippen LogP contribution is -2.50. The Morgan fingerprint density at radius 1 is 0.949 bits per heavy atom. The Kier molecular flexibility index (Phi) is 10.7. The van der Waals surface area contributed by atoms with Gasteiger partial charge in [0.15, 0.2) is 0 Å². The van der Waals surface area contributed by atoms with E-state index in [1.165, 1.54) is 36.2 Å². The van der Waals surface area contributed by atoms with Crippen molar-refractivity contribution in [1.29, 1.82) is 0 Å². The first-order valence-corrected chi connectivity index (χ1v) is 14.8. The summed E-state index contributed by atoms with van der Waals surface area (Å²) < 4.78 is 39.4. The molecule has 0 aliphatic carbocycles. The smallest absolute Gasteiger partial charge is 0.242 e. The van der Waals surface area contributed by atoms with Crippen LogP contribution in [0.5, 0.6) is 0 Å². The van der Waals surface area contributed by atoms with Crippen LogP contribution in [0.1, 0.15) is 24.0 Å². The number of amides is 2. The van der Waals surface area contributed by atoms with Gasteiger partial charge in [-0.1, -0.05) is 59.6 Å². The van der Waals surface area contributed by atoms with Gasteiger partial charge in [-0.3, -0.25) is 13.9 Å². The molecule has 7 nitrogen and oxygen atoms in total. The molecule has 0 heterocycles. The maximum Gasteiger partial charge on any atom is 0.242 e. The van der Waals surface area contributed by atoms with E-state index in [9.17, 15) is 22.4 Å². The first kappa shape index (κ1) is 30.4. The van der Waals surface area contributed by atoms with Crippen LogP contribution in [-0.2, 0) is 32.6 Å². The number of halogens is 3. The zero-order valence-electron chi connectivity index (χ0n) is 21.6. The van der Waals surface area contributed by atoms with Crippen LogP contribution < -0.4 is 9.62 Å². The Morgan fingerprint density at radius 3 is 2.13 bits per heavy atom. The van der Waals surface area contributed by atoms with Gasteiger partial charge in [-0.15, -0.1) is 0 Å². The van der Waals surface area contributed by atoms with Crippen LogP contribution in [0.25, 0.3) is 0 Å². The maximum absolute atomic E-state index is 13.7. The van der Waals surface area contributed by atoms with E-state index in [-0.39, 0.29) is 44.2 Å². The van der Waals surface area contributed by atoms with Crippen molar-refractivity contribution >= 4 is 50.7 Å². The van der Waals surface area contributed by atoms with Gasteiger partial charge >= 0.3 is 0 Å². The van der Waals surface area contributed by atoms with Gasteiger partial charge in [-0.2, -0.15) is 0 Å². The summed E-state index contributed by atoms with van der Waals surface area (Å²) in [5.74, 6) is -1.22. The monoisotopic (exact) mass is 593 g/mol. The molecule has 0 bridgehead atoms. The number of benzene rings is 3. The average molecular weight is 595 g/mol. The molecular weight excluding hydrogens is 564 g/mol. The van der Waals surface area contributed by atoms with Crippen LogP contribution in [0.3, 0.4) is 0 Å². The Labute approximate surface area is 238 Å². The molecule has 11 heteroatoms. The highest BCUT2D eigenvalue weighted by Gasteiger charge is 2.31. The Morgan fingerprint density at radius 2 is 1.56 bits per heavy atom. The summed E-state index contributed by atoms with van der Waals surface area (Å²) in [5, 5.41) is 3.35. The van der Waals surface area contributed by atoms with E-state index in [1.54, 1.807) is 18.2 Å². The number of nitrogens with zero attached hydrogens (tertiary/aromatic N) is 2. The van der Waals surface area contributed by atoms with E-state index >= 15 is 0 Å². The fraction of sp³-hybridized carbons (Fsp3) is 0.286. The summed E-state index contributed by atoms with van der Waals surface area (Å²) in [6.07, 6.45) is 1.39. The predicted molar refractivity (Wildman–Crippen MR) is 153 cm³/mol. The van der Waals surface area contributed by atoms with Crippen LogP contribution in [0.4, 0.5) is 10.1 Å². The molecule has 0 aliphatic rings. The molecule has 1 atom stereocenters. The predicted octanol–water partition coefficient (Wildman–Crippen LogP) is 5.06. The van der Waals surface area contributed by atoms with Gasteiger partial charge in [0.05, 0.1) is 11.9 Å². The number of nitrogens with one attached hydrogen (secondary N) is 1. The van der Waals surface area contributed by atoms with E-state index in [1.807, 2.05) is 30.3 Å². The van der Waals surface area contributed by atoms with Crippen LogP contribution in [0.15, 0.2) is 72.8 Å². The number of carbonyl (C=O) groups is 2. The summed E-state index contributed by atoms with van der Waals surface area (Å²) in [4.78, 5) is 28.2. The Bertz CT molecular complexity index is 1370. The highest BCUT2D eigenvalue weighted by Crippen LogP contribution is 2.28. The third-order valence-electron chi connectivity index (χ3n) is 6.17. The molecule has 3 aromatic carbocycles.